The van der Waals surface area contributed by atoms with Crippen molar-refractivity contribution in [3.05, 3.63) is 71.8 Å². The van der Waals surface area contributed by atoms with Gasteiger partial charge in [0.05, 0.1) is 0 Å². The van der Waals surface area contributed by atoms with Gasteiger partial charge in [-0.05, 0) is 37.8 Å². The van der Waals surface area contributed by atoms with Gasteiger partial charge in [0, 0.05) is 12.1 Å². The first-order valence-corrected chi connectivity index (χ1v) is 10.5. The van der Waals surface area contributed by atoms with Crippen molar-refractivity contribution in [3.8, 4) is 0 Å². The van der Waals surface area contributed by atoms with Crippen LogP contribution in [0.5, 0.6) is 0 Å². The van der Waals surface area contributed by atoms with Crippen LogP contribution >= 0.6 is 0 Å². The Morgan fingerprint density at radius 3 is 1.43 bits per heavy atom. The second-order valence-corrected chi connectivity index (χ2v) is 7.50. The lowest BCUT2D eigenvalue weighted by molar-refractivity contribution is 0.134. The lowest BCUT2D eigenvalue weighted by Gasteiger charge is -2.16. The summed E-state index contributed by atoms with van der Waals surface area (Å²) in [4.78, 5) is 23.7. The zero-order valence-corrected chi connectivity index (χ0v) is 17.8. The van der Waals surface area contributed by atoms with Crippen LogP contribution < -0.4 is 10.6 Å². The van der Waals surface area contributed by atoms with Crippen molar-refractivity contribution >= 4 is 12.2 Å². The van der Waals surface area contributed by atoms with Gasteiger partial charge in [-0.2, -0.15) is 0 Å². The maximum absolute atomic E-state index is 11.9. The highest BCUT2D eigenvalue weighted by Gasteiger charge is 2.11. The molecule has 0 fully saturated rings. The number of rotatable bonds is 11. The minimum absolute atomic E-state index is 0.0346. The monoisotopic (exact) mass is 412 g/mol. The number of alkyl carbamates (subject to hydrolysis) is 2. The Morgan fingerprint density at radius 1 is 0.700 bits per heavy atom. The van der Waals surface area contributed by atoms with Gasteiger partial charge < -0.3 is 20.1 Å². The van der Waals surface area contributed by atoms with Crippen LogP contribution in [-0.4, -0.2) is 24.3 Å². The highest BCUT2D eigenvalue weighted by atomic mass is 16.6. The lowest BCUT2D eigenvalue weighted by atomic mass is 10.1. The maximum Gasteiger partial charge on any atom is 0.407 e. The fourth-order valence-electron chi connectivity index (χ4n) is 2.98. The van der Waals surface area contributed by atoms with Gasteiger partial charge in [0.25, 0.3) is 0 Å². The smallest absolute Gasteiger partial charge is 0.407 e. The van der Waals surface area contributed by atoms with E-state index in [0.29, 0.717) is 0 Å². The highest BCUT2D eigenvalue weighted by molar-refractivity contribution is 5.67. The molecular weight excluding hydrogens is 380 g/mol. The van der Waals surface area contributed by atoms with Crippen molar-refractivity contribution < 1.29 is 19.1 Å². The van der Waals surface area contributed by atoms with Gasteiger partial charge in [0.2, 0.25) is 0 Å². The third kappa shape index (κ3) is 9.96. The Bertz CT molecular complexity index is 687. The molecule has 6 nitrogen and oxygen atoms in total. The van der Waals surface area contributed by atoms with Crippen molar-refractivity contribution in [2.75, 3.05) is 0 Å². The van der Waals surface area contributed by atoms with Gasteiger partial charge in [-0.25, -0.2) is 9.59 Å². The van der Waals surface area contributed by atoms with E-state index in [1.807, 2.05) is 74.5 Å². The van der Waals surface area contributed by atoms with E-state index in [-0.39, 0.29) is 25.3 Å². The van der Waals surface area contributed by atoms with E-state index in [1.165, 1.54) is 0 Å². The van der Waals surface area contributed by atoms with E-state index in [4.69, 9.17) is 9.47 Å². The van der Waals surface area contributed by atoms with Crippen molar-refractivity contribution in [1.82, 2.24) is 10.6 Å². The number of hydrogen-bond acceptors (Lipinski definition) is 4. The summed E-state index contributed by atoms with van der Waals surface area (Å²) in [6, 6.07) is 19.3. The highest BCUT2D eigenvalue weighted by Crippen LogP contribution is 2.08. The van der Waals surface area contributed by atoms with Crippen LogP contribution in [0.3, 0.4) is 0 Å². The van der Waals surface area contributed by atoms with Crippen LogP contribution in [0.25, 0.3) is 0 Å². The van der Waals surface area contributed by atoms with Gasteiger partial charge in [-0.1, -0.05) is 73.5 Å². The minimum Gasteiger partial charge on any atom is -0.445 e. The standard InChI is InChI=1S/C24H32N2O4/c1-19(25-23(27)29-17-21-13-5-3-6-14-21)11-9-10-12-20(2)26-24(28)30-18-22-15-7-4-8-16-22/h3-8,13-16,19-20H,9-12,17-18H2,1-2H3,(H,25,27)(H,26,28). The molecule has 2 aromatic rings. The molecular formula is C24H32N2O4. The molecule has 0 saturated heterocycles. The van der Waals surface area contributed by atoms with Crippen LogP contribution in [0.2, 0.25) is 0 Å². The molecule has 162 valence electrons. The zero-order valence-electron chi connectivity index (χ0n) is 17.8. The molecule has 0 heterocycles. The summed E-state index contributed by atoms with van der Waals surface area (Å²) in [6.07, 6.45) is 2.80. The molecule has 2 atom stereocenters. The molecule has 2 aromatic carbocycles. The number of unbranched alkanes of at least 4 members (excludes halogenated alkanes) is 1. The molecule has 2 amide bonds. The predicted octanol–water partition coefficient (Wildman–Crippen LogP) is 5.18. The SMILES string of the molecule is CC(CCCCC(C)NC(=O)OCc1ccccc1)NC(=O)OCc1ccccc1. The van der Waals surface area contributed by atoms with Crippen molar-refractivity contribution in [1.29, 1.82) is 0 Å². The van der Waals surface area contributed by atoms with Gasteiger partial charge >= 0.3 is 12.2 Å². The average Bonchev–Trinajstić information content (AvgIpc) is 2.75. The molecule has 2 unspecified atom stereocenters. The van der Waals surface area contributed by atoms with E-state index in [9.17, 15) is 9.59 Å². The zero-order chi connectivity index (χ0) is 21.6. The first-order chi connectivity index (χ1) is 14.5. The molecule has 2 N–H and O–H groups in total. The van der Waals surface area contributed by atoms with Crippen LogP contribution in [0.4, 0.5) is 9.59 Å². The summed E-state index contributed by atoms with van der Waals surface area (Å²) in [7, 11) is 0. The summed E-state index contributed by atoms with van der Waals surface area (Å²) in [6.45, 7) is 4.46. The Labute approximate surface area is 179 Å². The lowest BCUT2D eigenvalue weighted by Crippen LogP contribution is -2.34. The number of amides is 2. The molecule has 0 bridgehead atoms. The number of ether oxygens (including phenoxy) is 2. The van der Waals surface area contributed by atoms with Crippen molar-refractivity contribution in [2.24, 2.45) is 0 Å². The van der Waals surface area contributed by atoms with E-state index >= 15 is 0 Å². The summed E-state index contributed by atoms with van der Waals surface area (Å²) in [5.74, 6) is 0. The quantitative estimate of drug-likeness (QED) is 0.499. The molecule has 0 aliphatic carbocycles. The molecule has 0 aliphatic heterocycles. The van der Waals surface area contributed by atoms with Crippen LogP contribution in [0.1, 0.15) is 50.7 Å². The number of nitrogens with one attached hydrogen (secondary N) is 2. The van der Waals surface area contributed by atoms with Crippen molar-refractivity contribution in [3.63, 3.8) is 0 Å². The molecule has 0 aliphatic rings. The van der Waals surface area contributed by atoms with Crippen molar-refractivity contribution in [2.45, 2.75) is 64.8 Å². The fourth-order valence-corrected chi connectivity index (χ4v) is 2.98. The summed E-state index contributed by atoms with van der Waals surface area (Å²) >= 11 is 0. The first-order valence-electron chi connectivity index (χ1n) is 10.5. The van der Waals surface area contributed by atoms with E-state index in [1.54, 1.807) is 0 Å². The average molecular weight is 413 g/mol. The van der Waals surface area contributed by atoms with E-state index < -0.39 is 12.2 Å². The Kier molecular flexibility index (Phi) is 10.3. The van der Waals surface area contributed by atoms with E-state index in [2.05, 4.69) is 10.6 Å². The normalized spacial score (nSPS) is 12.5. The predicted molar refractivity (Wildman–Crippen MR) is 117 cm³/mol. The summed E-state index contributed by atoms with van der Waals surface area (Å²) in [5, 5.41) is 5.70. The Morgan fingerprint density at radius 2 is 1.07 bits per heavy atom. The van der Waals surface area contributed by atoms with Crippen LogP contribution in [0.15, 0.2) is 60.7 Å². The number of carbonyl (C=O) groups is 2. The topological polar surface area (TPSA) is 76.7 Å². The van der Waals surface area contributed by atoms with Crippen LogP contribution in [0, 0.1) is 0 Å². The van der Waals surface area contributed by atoms with Gasteiger partial charge in [0.1, 0.15) is 13.2 Å². The third-order valence-corrected chi connectivity index (χ3v) is 4.68. The Balaban J connectivity index is 1.51. The summed E-state index contributed by atoms with van der Waals surface area (Å²) < 4.78 is 10.5. The van der Waals surface area contributed by atoms with Gasteiger partial charge in [0.15, 0.2) is 0 Å². The first kappa shape index (κ1) is 23.3. The Hall–Kier alpha value is -3.02. The van der Waals surface area contributed by atoms with Gasteiger partial charge in [-0.15, -0.1) is 0 Å². The maximum atomic E-state index is 11.9. The fraction of sp³-hybridized carbons (Fsp3) is 0.417. The number of hydrogen-bond donors (Lipinski definition) is 2. The molecule has 0 aromatic heterocycles. The summed E-state index contributed by atoms with van der Waals surface area (Å²) in [5.41, 5.74) is 1.92. The minimum atomic E-state index is -0.400. The second kappa shape index (κ2) is 13.2. The molecule has 6 heteroatoms. The van der Waals surface area contributed by atoms with Crippen LogP contribution in [-0.2, 0) is 22.7 Å². The molecule has 0 radical (unpaired) electrons. The molecule has 0 spiro atoms. The molecule has 0 saturated carbocycles. The molecule has 30 heavy (non-hydrogen) atoms. The number of benzene rings is 2. The largest absolute Gasteiger partial charge is 0.445 e. The van der Waals surface area contributed by atoms with Gasteiger partial charge in [-0.3, -0.25) is 0 Å². The second-order valence-electron chi connectivity index (χ2n) is 7.50. The third-order valence-electron chi connectivity index (χ3n) is 4.68. The molecule has 2 rings (SSSR count). The van der Waals surface area contributed by atoms with E-state index in [0.717, 1.165) is 36.8 Å². The number of carbonyl (C=O) groups excluding carboxylic acids is 2.